The minimum Gasteiger partial charge on any atom is -0.454 e. The van der Waals surface area contributed by atoms with Gasteiger partial charge < -0.3 is 40.0 Å². The molecule has 0 bridgehead atoms. The first-order valence-corrected chi connectivity index (χ1v) is 10.8. The van der Waals surface area contributed by atoms with E-state index < -0.39 is 37.0 Å². The van der Waals surface area contributed by atoms with Gasteiger partial charge in [-0.1, -0.05) is 43.7 Å². The lowest BCUT2D eigenvalue weighted by molar-refractivity contribution is -0.385. The number of ether oxygens (including phenoxy) is 2. The van der Waals surface area contributed by atoms with Gasteiger partial charge in [-0.25, -0.2) is 0 Å². The van der Waals surface area contributed by atoms with Gasteiger partial charge in [-0.05, 0) is 41.7 Å². The number of aliphatic hydroxyl groups excluding tert-OH is 4. The molecule has 0 unspecified atom stereocenters. The van der Waals surface area contributed by atoms with E-state index in [2.05, 4.69) is 36.2 Å². The first-order valence-electron chi connectivity index (χ1n) is 10.8. The van der Waals surface area contributed by atoms with E-state index in [9.17, 15) is 25.5 Å². The Morgan fingerprint density at radius 2 is 1.78 bits per heavy atom. The van der Waals surface area contributed by atoms with Crippen molar-refractivity contribution in [2.45, 2.75) is 56.6 Å². The zero-order valence-corrected chi connectivity index (χ0v) is 17.8. The second-order valence-electron chi connectivity index (χ2n) is 8.23. The van der Waals surface area contributed by atoms with Crippen molar-refractivity contribution in [3.05, 3.63) is 65.4 Å². The number of hydrogen-bond donors (Lipinski definition) is 6. The molecule has 0 aliphatic carbocycles. The predicted octanol–water partition coefficient (Wildman–Crippen LogP) is 1.21. The second-order valence-corrected chi connectivity index (χ2v) is 8.23. The molecule has 6 N–H and O–H groups in total. The summed E-state index contributed by atoms with van der Waals surface area (Å²) >= 11 is 0. The van der Waals surface area contributed by atoms with Crippen molar-refractivity contribution in [3.8, 4) is 5.75 Å². The van der Waals surface area contributed by atoms with Crippen LogP contribution >= 0.6 is 0 Å². The molecule has 8 heteroatoms. The fourth-order valence-corrected chi connectivity index (χ4v) is 4.15. The highest BCUT2D eigenvalue weighted by molar-refractivity contribution is 5.89. The van der Waals surface area contributed by atoms with Gasteiger partial charge in [0.05, 0.1) is 6.61 Å². The Hall–Kier alpha value is -2.46. The summed E-state index contributed by atoms with van der Waals surface area (Å²) in [6.07, 6.45) is -2.24. The van der Waals surface area contributed by atoms with Gasteiger partial charge in [0.15, 0.2) is 6.10 Å². The van der Waals surface area contributed by atoms with E-state index in [1.807, 2.05) is 12.3 Å². The fraction of sp³-hybridized carbons (Fsp3) is 0.417. The van der Waals surface area contributed by atoms with Crippen molar-refractivity contribution in [1.82, 2.24) is 4.98 Å². The van der Waals surface area contributed by atoms with Crippen molar-refractivity contribution in [3.63, 3.8) is 0 Å². The number of nitrogens with one attached hydrogen (secondary N) is 1. The normalized spacial score (nSPS) is 28.2. The highest BCUT2D eigenvalue weighted by atomic mass is 16.7. The molecule has 0 amide bonds. The van der Waals surface area contributed by atoms with E-state index in [1.165, 1.54) is 5.56 Å². The summed E-state index contributed by atoms with van der Waals surface area (Å²) in [6, 6.07) is 13.5. The van der Waals surface area contributed by atoms with Crippen LogP contribution in [0.25, 0.3) is 10.9 Å². The van der Waals surface area contributed by atoms with Crippen LogP contribution in [0.2, 0.25) is 0 Å². The lowest BCUT2D eigenvalue weighted by Crippen LogP contribution is -2.69. The van der Waals surface area contributed by atoms with Crippen LogP contribution in [0.4, 0.5) is 0 Å². The maximum Gasteiger partial charge on any atom is 0.288 e. The highest BCUT2D eigenvalue weighted by Gasteiger charge is 2.57. The molecule has 0 spiro atoms. The summed E-state index contributed by atoms with van der Waals surface area (Å²) < 4.78 is 10.8. The average Bonchev–Trinajstić information content (AvgIpc) is 3.20. The molecular formula is C24H29NO7. The molecule has 32 heavy (non-hydrogen) atoms. The topological polar surface area (TPSA) is 135 Å². The third-order valence-corrected chi connectivity index (χ3v) is 5.94. The van der Waals surface area contributed by atoms with E-state index >= 15 is 0 Å². The smallest absolute Gasteiger partial charge is 0.288 e. The molecule has 2 heterocycles. The number of fused-ring (bicyclic) bond motifs is 1. The molecule has 1 aromatic heterocycles. The Morgan fingerprint density at radius 3 is 2.47 bits per heavy atom. The number of aromatic nitrogens is 1. The van der Waals surface area contributed by atoms with Crippen LogP contribution in [0.1, 0.15) is 30.0 Å². The van der Waals surface area contributed by atoms with E-state index in [-0.39, 0.29) is 5.75 Å². The minimum atomic E-state index is -2.63. The molecule has 1 saturated heterocycles. The zero-order valence-electron chi connectivity index (χ0n) is 17.8. The van der Waals surface area contributed by atoms with Gasteiger partial charge in [0, 0.05) is 17.1 Å². The van der Waals surface area contributed by atoms with Gasteiger partial charge in [0.25, 0.3) is 5.79 Å². The number of benzene rings is 2. The average molecular weight is 443 g/mol. The van der Waals surface area contributed by atoms with Crippen molar-refractivity contribution in [2.75, 3.05) is 6.61 Å². The Morgan fingerprint density at radius 1 is 1.06 bits per heavy atom. The summed E-state index contributed by atoms with van der Waals surface area (Å²) in [5, 5.41) is 51.7. The van der Waals surface area contributed by atoms with Crippen LogP contribution in [0.3, 0.4) is 0 Å². The molecule has 5 atom stereocenters. The summed E-state index contributed by atoms with van der Waals surface area (Å²) in [5.74, 6) is -2.42. The Kier molecular flexibility index (Phi) is 6.52. The molecule has 1 aliphatic heterocycles. The molecule has 3 aromatic rings. The molecule has 4 rings (SSSR count). The third kappa shape index (κ3) is 4.13. The van der Waals surface area contributed by atoms with Crippen LogP contribution < -0.4 is 4.74 Å². The van der Waals surface area contributed by atoms with Crippen molar-refractivity contribution < 1.29 is 35.0 Å². The van der Waals surface area contributed by atoms with Gasteiger partial charge >= 0.3 is 0 Å². The van der Waals surface area contributed by atoms with Gasteiger partial charge in [0.1, 0.15) is 18.0 Å². The van der Waals surface area contributed by atoms with Crippen LogP contribution in [0, 0.1) is 0 Å². The fourth-order valence-electron chi connectivity index (χ4n) is 4.15. The number of H-pyrrole nitrogens is 1. The maximum absolute atomic E-state index is 10.9. The molecule has 8 nitrogen and oxygen atoms in total. The summed E-state index contributed by atoms with van der Waals surface area (Å²) in [7, 11) is 0. The van der Waals surface area contributed by atoms with E-state index in [0.717, 1.165) is 29.5 Å². The molecule has 1 fully saturated rings. The van der Waals surface area contributed by atoms with Crippen LogP contribution in [0.15, 0.2) is 48.7 Å². The number of hydrogen-bond acceptors (Lipinski definition) is 7. The standard InChI is InChI=1S/C24H29NO7/c1-2-4-14-7-9-15(10-8-14)11-16-12-25-17-5-3-6-18(20(16)17)32-24(30)22(28)21(27)19(13-26)31-23(24)29/h3,5-10,12,19,21-23,25-30H,2,4,11,13H2,1H3/t19-,21-,22+,23+,24+/m1/s1. The van der Waals surface area contributed by atoms with Gasteiger partial charge in [-0.15, -0.1) is 0 Å². The van der Waals surface area contributed by atoms with E-state index in [4.69, 9.17) is 9.47 Å². The van der Waals surface area contributed by atoms with Crippen molar-refractivity contribution in [1.29, 1.82) is 0 Å². The Balaban J connectivity index is 1.64. The van der Waals surface area contributed by atoms with Gasteiger partial charge in [-0.3, -0.25) is 0 Å². The second kappa shape index (κ2) is 9.19. The van der Waals surface area contributed by atoms with Crippen LogP contribution in [0.5, 0.6) is 5.75 Å². The zero-order chi connectivity index (χ0) is 22.9. The summed E-state index contributed by atoms with van der Waals surface area (Å²) in [5.41, 5.74) is 4.03. The maximum atomic E-state index is 10.9. The Labute approximate surface area is 185 Å². The summed E-state index contributed by atoms with van der Waals surface area (Å²) in [6.45, 7) is 1.50. The van der Waals surface area contributed by atoms with Crippen molar-refractivity contribution >= 4 is 10.9 Å². The summed E-state index contributed by atoms with van der Waals surface area (Å²) in [4.78, 5) is 3.18. The number of aryl methyl sites for hydroxylation is 1. The van der Waals surface area contributed by atoms with E-state index in [0.29, 0.717) is 11.8 Å². The number of aliphatic hydroxyl groups is 5. The predicted molar refractivity (Wildman–Crippen MR) is 117 cm³/mol. The first kappa shape index (κ1) is 22.7. The molecule has 172 valence electrons. The SMILES string of the molecule is CCCc1ccc(Cc2c[nH]c3cccc(O[C@]4(O)[C@@H](O)O[C@H](CO)[C@@H](O)[C@@H]4O)c23)cc1. The quantitative estimate of drug-likeness (QED) is 0.302. The first-order chi connectivity index (χ1) is 15.4. The lowest BCUT2D eigenvalue weighted by Gasteiger charge is -2.45. The number of rotatable bonds is 7. The third-order valence-electron chi connectivity index (χ3n) is 5.94. The monoisotopic (exact) mass is 443 g/mol. The van der Waals surface area contributed by atoms with Gasteiger partial charge in [0.2, 0.25) is 6.29 Å². The van der Waals surface area contributed by atoms with Gasteiger partial charge in [-0.2, -0.15) is 0 Å². The highest BCUT2D eigenvalue weighted by Crippen LogP contribution is 2.36. The largest absolute Gasteiger partial charge is 0.454 e. The van der Waals surface area contributed by atoms with Crippen molar-refractivity contribution in [2.24, 2.45) is 0 Å². The van der Waals surface area contributed by atoms with Crippen LogP contribution in [-0.4, -0.2) is 67.5 Å². The number of aromatic amines is 1. The minimum absolute atomic E-state index is 0.209. The van der Waals surface area contributed by atoms with Crippen LogP contribution in [-0.2, 0) is 17.6 Å². The van der Waals surface area contributed by atoms with E-state index in [1.54, 1.807) is 12.1 Å². The molecular weight excluding hydrogens is 414 g/mol. The molecule has 2 aromatic carbocycles. The lowest BCUT2D eigenvalue weighted by atomic mass is 9.95. The molecule has 0 saturated carbocycles. The molecule has 0 radical (unpaired) electrons. The molecule has 1 aliphatic rings. The Bertz CT molecular complexity index is 1050.